The molecule has 0 saturated heterocycles. The zero-order valence-electron chi connectivity index (χ0n) is 19.9. The molecule has 0 heteroatoms. The number of benzene rings is 7. The van der Waals surface area contributed by atoms with Gasteiger partial charge in [0.05, 0.1) is 0 Å². The van der Waals surface area contributed by atoms with E-state index in [9.17, 15) is 0 Å². The van der Waals surface area contributed by atoms with Crippen LogP contribution in [0.3, 0.4) is 0 Å². The van der Waals surface area contributed by atoms with E-state index in [1.807, 2.05) is 0 Å². The minimum absolute atomic E-state index is 1.23. The van der Waals surface area contributed by atoms with E-state index in [-0.39, 0.29) is 0 Å². The summed E-state index contributed by atoms with van der Waals surface area (Å²) in [5.41, 5.74) is 7.46. The van der Waals surface area contributed by atoms with Crippen molar-refractivity contribution in [3.63, 3.8) is 0 Å². The maximum Gasteiger partial charge on any atom is -0.00928 e. The predicted molar refractivity (Wildman–Crippen MR) is 155 cm³/mol. The molecule has 7 aromatic carbocycles. The minimum Gasteiger partial charge on any atom is -0.0622 e. The summed E-state index contributed by atoms with van der Waals surface area (Å²) in [4.78, 5) is 0. The van der Waals surface area contributed by atoms with Crippen LogP contribution in [-0.4, -0.2) is 0 Å². The van der Waals surface area contributed by atoms with Gasteiger partial charge < -0.3 is 0 Å². The molecule has 7 rings (SSSR count). The van der Waals surface area contributed by atoms with Gasteiger partial charge in [0.2, 0.25) is 0 Å². The highest BCUT2D eigenvalue weighted by Crippen LogP contribution is 2.39. The van der Waals surface area contributed by atoms with E-state index in [2.05, 4.69) is 146 Å². The SMILES string of the molecule is c1ccc(-c2ccc(-c3ccccc3-c3ccc4c5ccccc5c5ccccc5c4c3)cc2)cc1. The summed E-state index contributed by atoms with van der Waals surface area (Å²) >= 11 is 0. The van der Waals surface area contributed by atoms with Gasteiger partial charge in [-0.3, -0.25) is 0 Å². The van der Waals surface area contributed by atoms with Crippen LogP contribution in [0.15, 0.2) is 146 Å². The molecular formula is C36H24. The molecule has 0 unspecified atom stereocenters. The van der Waals surface area contributed by atoms with Crippen molar-refractivity contribution in [3.8, 4) is 33.4 Å². The molecule has 0 aromatic heterocycles. The Hall–Kier alpha value is -4.68. The molecule has 0 atom stereocenters. The second kappa shape index (κ2) is 8.52. The van der Waals surface area contributed by atoms with Crippen molar-refractivity contribution in [1.29, 1.82) is 0 Å². The third-order valence-corrected chi connectivity index (χ3v) is 7.29. The zero-order chi connectivity index (χ0) is 23.9. The molecule has 0 aliphatic heterocycles. The third kappa shape index (κ3) is 3.39. The molecule has 0 bridgehead atoms. The van der Waals surface area contributed by atoms with Crippen LogP contribution in [0.5, 0.6) is 0 Å². The first kappa shape index (κ1) is 20.7. The summed E-state index contributed by atoms with van der Waals surface area (Å²) in [5, 5.41) is 7.84. The molecule has 0 amide bonds. The molecule has 7 aromatic rings. The smallest absolute Gasteiger partial charge is 0.00928 e. The summed E-state index contributed by atoms with van der Waals surface area (Å²) in [6, 6.07) is 52.7. The van der Waals surface area contributed by atoms with Gasteiger partial charge in [-0.25, -0.2) is 0 Å². The van der Waals surface area contributed by atoms with Crippen molar-refractivity contribution < 1.29 is 0 Å². The third-order valence-electron chi connectivity index (χ3n) is 7.29. The van der Waals surface area contributed by atoms with E-state index in [1.165, 1.54) is 65.7 Å². The van der Waals surface area contributed by atoms with E-state index in [4.69, 9.17) is 0 Å². The van der Waals surface area contributed by atoms with Crippen LogP contribution >= 0.6 is 0 Å². The van der Waals surface area contributed by atoms with Gasteiger partial charge >= 0.3 is 0 Å². The first-order valence-corrected chi connectivity index (χ1v) is 12.5. The van der Waals surface area contributed by atoms with Gasteiger partial charge in [0, 0.05) is 0 Å². The number of rotatable bonds is 3. The normalized spacial score (nSPS) is 11.3. The van der Waals surface area contributed by atoms with Gasteiger partial charge in [-0.15, -0.1) is 0 Å². The van der Waals surface area contributed by atoms with Gasteiger partial charge in [-0.2, -0.15) is 0 Å². The van der Waals surface area contributed by atoms with E-state index in [1.54, 1.807) is 0 Å². The van der Waals surface area contributed by atoms with Crippen LogP contribution < -0.4 is 0 Å². The fourth-order valence-electron chi connectivity index (χ4n) is 5.53. The summed E-state index contributed by atoms with van der Waals surface area (Å²) in [5.74, 6) is 0. The Morgan fingerprint density at radius 3 is 1.22 bits per heavy atom. The molecule has 0 N–H and O–H groups in total. The molecule has 0 spiro atoms. The first-order valence-electron chi connectivity index (χ1n) is 12.5. The van der Waals surface area contributed by atoms with Gasteiger partial charge in [-0.1, -0.05) is 140 Å². The van der Waals surface area contributed by atoms with Gasteiger partial charge in [0.25, 0.3) is 0 Å². The molecule has 0 aliphatic rings. The van der Waals surface area contributed by atoms with E-state index >= 15 is 0 Å². The van der Waals surface area contributed by atoms with Crippen molar-refractivity contribution in [3.05, 3.63) is 146 Å². The first-order chi connectivity index (χ1) is 17.9. The zero-order valence-corrected chi connectivity index (χ0v) is 19.9. The van der Waals surface area contributed by atoms with Crippen molar-refractivity contribution in [2.24, 2.45) is 0 Å². The quantitative estimate of drug-likeness (QED) is 0.232. The number of hydrogen-bond acceptors (Lipinski definition) is 0. The number of fused-ring (bicyclic) bond motifs is 6. The van der Waals surface area contributed by atoms with Crippen molar-refractivity contribution in [1.82, 2.24) is 0 Å². The lowest BCUT2D eigenvalue weighted by Crippen LogP contribution is -1.88. The van der Waals surface area contributed by atoms with Crippen molar-refractivity contribution >= 4 is 32.3 Å². The Morgan fingerprint density at radius 2 is 0.611 bits per heavy atom. The average molecular weight is 457 g/mol. The van der Waals surface area contributed by atoms with Crippen LogP contribution in [0.1, 0.15) is 0 Å². The Balaban J connectivity index is 1.40. The topological polar surface area (TPSA) is 0 Å². The summed E-state index contributed by atoms with van der Waals surface area (Å²) in [7, 11) is 0. The fourth-order valence-corrected chi connectivity index (χ4v) is 5.53. The summed E-state index contributed by atoms with van der Waals surface area (Å²) < 4.78 is 0. The monoisotopic (exact) mass is 456 g/mol. The largest absolute Gasteiger partial charge is 0.0622 e. The van der Waals surface area contributed by atoms with Crippen LogP contribution in [0.25, 0.3) is 65.7 Å². The molecule has 0 radical (unpaired) electrons. The molecule has 36 heavy (non-hydrogen) atoms. The van der Waals surface area contributed by atoms with E-state index in [0.29, 0.717) is 0 Å². The molecule has 0 heterocycles. The van der Waals surface area contributed by atoms with Gasteiger partial charge in [0.1, 0.15) is 0 Å². The second-order valence-electron chi connectivity index (χ2n) is 9.34. The standard InChI is InChI=1S/C36H24/c1-2-10-25(11-3-1)26-18-20-27(21-19-26)29-12-4-5-13-30(29)28-22-23-35-33-16-7-6-14-31(33)32-15-8-9-17-34(32)36(35)24-28/h1-24H. The fraction of sp³-hybridized carbons (Fsp3) is 0. The lowest BCUT2D eigenvalue weighted by atomic mass is 9.89. The van der Waals surface area contributed by atoms with Crippen LogP contribution in [-0.2, 0) is 0 Å². The molecular weight excluding hydrogens is 432 g/mol. The van der Waals surface area contributed by atoms with E-state index < -0.39 is 0 Å². The Morgan fingerprint density at radius 1 is 0.222 bits per heavy atom. The van der Waals surface area contributed by atoms with Crippen molar-refractivity contribution in [2.75, 3.05) is 0 Å². The highest BCUT2D eigenvalue weighted by atomic mass is 14.2. The minimum atomic E-state index is 1.23. The summed E-state index contributed by atoms with van der Waals surface area (Å²) in [6.45, 7) is 0. The van der Waals surface area contributed by atoms with Crippen LogP contribution in [0.4, 0.5) is 0 Å². The highest BCUT2D eigenvalue weighted by Gasteiger charge is 2.12. The molecule has 168 valence electrons. The Bertz CT molecular complexity index is 1820. The van der Waals surface area contributed by atoms with Crippen LogP contribution in [0, 0.1) is 0 Å². The molecule has 0 aliphatic carbocycles. The van der Waals surface area contributed by atoms with Crippen LogP contribution in [0.2, 0.25) is 0 Å². The maximum absolute atomic E-state index is 2.38. The Labute approximate surface area is 211 Å². The Kier molecular flexibility index (Phi) is 4.89. The van der Waals surface area contributed by atoms with Gasteiger partial charge in [-0.05, 0) is 71.8 Å². The predicted octanol–water partition coefficient (Wildman–Crippen LogP) is 10.1. The van der Waals surface area contributed by atoms with E-state index in [0.717, 1.165) is 0 Å². The lowest BCUT2D eigenvalue weighted by Gasteiger charge is -2.14. The summed E-state index contributed by atoms with van der Waals surface area (Å²) in [6.07, 6.45) is 0. The molecule has 0 nitrogen and oxygen atoms in total. The van der Waals surface area contributed by atoms with Crippen molar-refractivity contribution in [2.45, 2.75) is 0 Å². The molecule has 0 fully saturated rings. The average Bonchev–Trinajstić information content (AvgIpc) is 2.98. The van der Waals surface area contributed by atoms with Gasteiger partial charge in [0.15, 0.2) is 0 Å². The molecule has 0 saturated carbocycles. The maximum atomic E-state index is 2.38. The highest BCUT2D eigenvalue weighted by molar-refractivity contribution is 6.25. The number of hydrogen-bond donors (Lipinski definition) is 0. The lowest BCUT2D eigenvalue weighted by molar-refractivity contribution is 1.58. The second-order valence-corrected chi connectivity index (χ2v) is 9.34.